The lowest BCUT2D eigenvalue weighted by atomic mass is 9.70. The average Bonchev–Trinajstić information content (AvgIpc) is 3.67. The van der Waals surface area contributed by atoms with Gasteiger partial charge in [0.05, 0.1) is 35.4 Å². The van der Waals surface area contributed by atoms with Crippen molar-refractivity contribution in [3.05, 3.63) is 179 Å². The zero-order valence-electron chi connectivity index (χ0n) is 27.4. The number of nitrogens with zero attached hydrogens (tertiary/aromatic N) is 4. The fourth-order valence-corrected chi connectivity index (χ4v) is 9.66. The van der Waals surface area contributed by atoms with E-state index >= 15 is 0 Å². The van der Waals surface area contributed by atoms with Gasteiger partial charge in [-0.05, 0) is 59.4 Å². The Morgan fingerprint density at radius 2 is 1.49 bits per heavy atom. The molecule has 8 atom stereocenters. The Morgan fingerprint density at radius 1 is 0.694 bits per heavy atom. The second kappa shape index (κ2) is 12.1. The van der Waals surface area contributed by atoms with E-state index in [4.69, 9.17) is 0 Å². The van der Waals surface area contributed by atoms with Gasteiger partial charge in [-0.2, -0.15) is 10.5 Å². The fraction of sp³-hybridized carbons (Fsp3) is 0.244. The molecule has 0 radical (unpaired) electrons. The molecule has 0 spiro atoms. The molecular formula is C45H38N4. The SMILES string of the molecule is N#CC1=CC2C3C=CC=C(C4CC=CC=C4C4=CC=CCC4CN4c5ccccc5C5C=CC=CC54)C3N(c3ccccc3C#N)C2C=C1. The molecule has 0 aromatic heterocycles. The minimum absolute atomic E-state index is 0.0599. The predicted octanol–water partition coefficient (Wildman–Crippen LogP) is 8.97. The van der Waals surface area contributed by atoms with E-state index in [1.807, 2.05) is 24.3 Å². The lowest BCUT2D eigenvalue weighted by Gasteiger charge is -2.41. The maximum atomic E-state index is 10.2. The number of para-hydroxylation sites is 2. The summed E-state index contributed by atoms with van der Waals surface area (Å²) in [6.07, 6.45) is 38.3. The first-order chi connectivity index (χ1) is 24.2. The normalized spacial score (nSPS) is 31.5. The van der Waals surface area contributed by atoms with Gasteiger partial charge in [0.2, 0.25) is 0 Å². The first-order valence-electron chi connectivity index (χ1n) is 17.7. The molecule has 7 aliphatic rings. The molecule has 238 valence electrons. The molecule has 5 aliphatic carbocycles. The lowest BCUT2D eigenvalue weighted by Crippen LogP contribution is -2.42. The zero-order valence-corrected chi connectivity index (χ0v) is 27.4. The molecule has 4 nitrogen and oxygen atoms in total. The van der Waals surface area contributed by atoms with Crippen LogP contribution in [0.3, 0.4) is 0 Å². The standard InChI is InChI=1S/C45H38N4/c46-27-30-24-25-44-40(26-30)39-20-11-19-38(45(39)49(44)41-21-8-2-12-31(41)28-47)35-16-5-4-15-34(35)33-14-3-1-13-32(33)29-48-42-22-9-6-17-36(42)37-18-7-10-23-43(37)48/h1-12,14-15,17-26,32,35-36,39-40,42,44-45H,13,16,29H2. The average molecular weight is 635 g/mol. The lowest BCUT2D eigenvalue weighted by molar-refractivity contribution is 0.488. The minimum Gasteiger partial charge on any atom is -0.363 e. The third-order valence-corrected chi connectivity index (χ3v) is 11.7. The van der Waals surface area contributed by atoms with Gasteiger partial charge in [0.25, 0.3) is 0 Å². The van der Waals surface area contributed by atoms with Crippen LogP contribution in [0.2, 0.25) is 0 Å². The van der Waals surface area contributed by atoms with Crippen LogP contribution < -0.4 is 9.80 Å². The topological polar surface area (TPSA) is 54.1 Å². The molecule has 0 saturated carbocycles. The van der Waals surface area contributed by atoms with Crippen LogP contribution in [-0.2, 0) is 0 Å². The molecule has 0 amide bonds. The van der Waals surface area contributed by atoms with Crippen LogP contribution in [-0.4, -0.2) is 24.7 Å². The fourth-order valence-electron chi connectivity index (χ4n) is 9.66. The van der Waals surface area contributed by atoms with Crippen LogP contribution in [0.25, 0.3) is 0 Å². The van der Waals surface area contributed by atoms with Gasteiger partial charge in [0.1, 0.15) is 6.07 Å². The van der Waals surface area contributed by atoms with Crippen molar-refractivity contribution in [2.45, 2.75) is 36.9 Å². The maximum absolute atomic E-state index is 10.2. The van der Waals surface area contributed by atoms with Crippen molar-refractivity contribution in [1.29, 1.82) is 10.5 Å². The summed E-state index contributed by atoms with van der Waals surface area (Å²) in [7, 11) is 0. The van der Waals surface area contributed by atoms with E-state index in [0.29, 0.717) is 23.4 Å². The quantitative estimate of drug-likeness (QED) is 0.330. The molecule has 1 saturated heterocycles. The van der Waals surface area contributed by atoms with Crippen molar-refractivity contribution in [3.8, 4) is 12.1 Å². The molecule has 2 aromatic carbocycles. The smallest absolute Gasteiger partial charge is 0.101 e. The van der Waals surface area contributed by atoms with Crippen LogP contribution in [0.1, 0.15) is 29.9 Å². The predicted molar refractivity (Wildman–Crippen MR) is 198 cm³/mol. The Labute approximate surface area is 289 Å². The summed E-state index contributed by atoms with van der Waals surface area (Å²) in [5.41, 5.74) is 9.41. The molecule has 2 heterocycles. The summed E-state index contributed by atoms with van der Waals surface area (Å²) >= 11 is 0. The molecule has 4 heteroatoms. The highest BCUT2D eigenvalue weighted by atomic mass is 15.2. The van der Waals surface area contributed by atoms with E-state index in [1.54, 1.807) is 0 Å². The van der Waals surface area contributed by atoms with Crippen LogP contribution in [0, 0.1) is 46.3 Å². The van der Waals surface area contributed by atoms with E-state index in [-0.39, 0.29) is 29.8 Å². The van der Waals surface area contributed by atoms with Crippen molar-refractivity contribution in [2.24, 2.45) is 23.7 Å². The summed E-state index contributed by atoms with van der Waals surface area (Å²) in [6, 6.07) is 22.3. The van der Waals surface area contributed by atoms with Gasteiger partial charge in [-0.25, -0.2) is 0 Å². The van der Waals surface area contributed by atoms with Crippen molar-refractivity contribution in [3.63, 3.8) is 0 Å². The summed E-state index contributed by atoms with van der Waals surface area (Å²) in [5, 5.41) is 20.1. The summed E-state index contributed by atoms with van der Waals surface area (Å²) < 4.78 is 0. The zero-order chi connectivity index (χ0) is 32.9. The third kappa shape index (κ3) is 4.78. The van der Waals surface area contributed by atoms with Crippen molar-refractivity contribution >= 4 is 11.4 Å². The maximum Gasteiger partial charge on any atom is 0.101 e. The molecule has 8 unspecified atom stereocenters. The van der Waals surface area contributed by atoms with Crippen molar-refractivity contribution in [2.75, 3.05) is 16.3 Å². The van der Waals surface area contributed by atoms with Crippen LogP contribution in [0.4, 0.5) is 11.4 Å². The van der Waals surface area contributed by atoms with Gasteiger partial charge in [-0.3, -0.25) is 0 Å². The van der Waals surface area contributed by atoms with Gasteiger partial charge in [0.15, 0.2) is 0 Å². The van der Waals surface area contributed by atoms with Gasteiger partial charge in [-0.15, -0.1) is 0 Å². The van der Waals surface area contributed by atoms with E-state index in [2.05, 4.69) is 143 Å². The van der Waals surface area contributed by atoms with Crippen molar-refractivity contribution in [1.82, 2.24) is 0 Å². The molecule has 0 N–H and O–H groups in total. The number of benzene rings is 2. The van der Waals surface area contributed by atoms with E-state index in [1.165, 1.54) is 28.0 Å². The Morgan fingerprint density at radius 3 is 2.37 bits per heavy atom. The van der Waals surface area contributed by atoms with Crippen LogP contribution in [0.5, 0.6) is 0 Å². The molecule has 2 aromatic rings. The van der Waals surface area contributed by atoms with Crippen LogP contribution in [0.15, 0.2) is 168 Å². The van der Waals surface area contributed by atoms with Gasteiger partial charge >= 0.3 is 0 Å². The molecule has 9 rings (SSSR count). The van der Waals surface area contributed by atoms with Gasteiger partial charge < -0.3 is 9.80 Å². The first kappa shape index (κ1) is 29.6. The van der Waals surface area contributed by atoms with E-state index in [0.717, 1.165) is 30.6 Å². The summed E-state index contributed by atoms with van der Waals surface area (Å²) in [5.74, 6) is 1.30. The van der Waals surface area contributed by atoms with Gasteiger partial charge in [-0.1, -0.05) is 121 Å². The van der Waals surface area contributed by atoms with Gasteiger partial charge in [0, 0.05) is 47.4 Å². The highest BCUT2D eigenvalue weighted by Gasteiger charge is 2.51. The summed E-state index contributed by atoms with van der Waals surface area (Å²) in [4.78, 5) is 5.15. The second-order valence-electron chi connectivity index (χ2n) is 14.1. The van der Waals surface area contributed by atoms with E-state index in [9.17, 15) is 10.5 Å². The Hall–Kier alpha value is -5.58. The molecule has 2 aliphatic heterocycles. The number of anilines is 2. The molecule has 1 fully saturated rings. The summed E-state index contributed by atoms with van der Waals surface area (Å²) in [6.45, 7) is 0.962. The molecular weight excluding hydrogens is 597 g/mol. The first-order valence-corrected chi connectivity index (χ1v) is 17.7. The minimum atomic E-state index is 0.0599. The Bertz CT molecular complexity index is 2100. The number of hydrogen-bond donors (Lipinski definition) is 0. The third-order valence-electron chi connectivity index (χ3n) is 11.7. The number of fused-ring (bicyclic) bond motifs is 6. The highest BCUT2D eigenvalue weighted by Crippen LogP contribution is 2.52. The number of rotatable bonds is 5. The van der Waals surface area contributed by atoms with Crippen molar-refractivity contribution < 1.29 is 0 Å². The molecule has 49 heavy (non-hydrogen) atoms. The Kier molecular flexibility index (Phi) is 7.32. The monoisotopic (exact) mass is 634 g/mol. The number of hydrogen-bond acceptors (Lipinski definition) is 4. The largest absolute Gasteiger partial charge is 0.363 e. The number of allylic oxidation sites excluding steroid dienone is 13. The molecule has 0 bridgehead atoms. The van der Waals surface area contributed by atoms with E-state index < -0.39 is 0 Å². The second-order valence-corrected chi connectivity index (χ2v) is 14.1. The highest BCUT2D eigenvalue weighted by molar-refractivity contribution is 5.68. The Balaban J connectivity index is 1.09. The van der Waals surface area contributed by atoms with Crippen LogP contribution >= 0.6 is 0 Å². The number of nitriles is 2.